The Bertz CT molecular complexity index is 1100. The van der Waals surface area contributed by atoms with Crippen LogP contribution in [-0.2, 0) is 0 Å². The summed E-state index contributed by atoms with van der Waals surface area (Å²) in [6.45, 7) is -2.92. The number of rotatable bonds is 6. The lowest BCUT2D eigenvalue weighted by molar-refractivity contribution is -0.0498. The van der Waals surface area contributed by atoms with Gasteiger partial charge in [-0.3, -0.25) is 4.79 Å². The lowest BCUT2D eigenvalue weighted by Crippen LogP contribution is -2.39. The molecule has 10 heteroatoms. The maximum Gasteiger partial charge on any atom is 0.387 e. The number of thioether (sulfide) groups is 1. The minimum atomic E-state index is -2.92. The van der Waals surface area contributed by atoms with E-state index in [0.717, 1.165) is 24.2 Å². The highest BCUT2D eigenvalue weighted by Crippen LogP contribution is 2.44. The molecule has 160 valence electrons. The third-order valence-electron chi connectivity index (χ3n) is 5.26. The Morgan fingerprint density at radius 3 is 2.48 bits per heavy atom. The van der Waals surface area contributed by atoms with Gasteiger partial charge in [-0.15, -0.1) is 10.2 Å². The molecule has 2 aromatic carbocycles. The van der Waals surface area contributed by atoms with Crippen molar-refractivity contribution in [2.24, 2.45) is 0 Å². The molecule has 0 bridgehead atoms. The van der Waals surface area contributed by atoms with Gasteiger partial charge >= 0.3 is 6.61 Å². The highest BCUT2D eigenvalue weighted by molar-refractivity contribution is 8.00. The molecule has 5 rings (SSSR count). The summed E-state index contributed by atoms with van der Waals surface area (Å²) in [6.07, 6.45) is 2.15. The molecule has 0 saturated heterocycles. The van der Waals surface area contributed by atoms with E-state index < -0.39 is 11.9 Å². The van der Waals surface area contributed by atoms with Crippen LogP contribution >= 0.6 is 23.4 Å². The van der Waals surface area contributed by atoms with Gasteiger partial charge in [0.1, 0.15) is 11.0 Å². The smallest absolute Gasteiger partial charge is 0.387 e. The molecule has 2 atom stereocenters. The van der Waals surface area contributed by atoms with Crippen molar-refractivity contribution in [3.8, 4) is 5.75 Å². The second kappa shape index (κ2) is 8.12. The molecule has 31 heavy (non-hydrogen) atoms. The minimum Gasteiger partial charge on any atom is -0.435 e. The zero-order valence-corrected chi connectivity index (χ0v) is 17.6. The van der Waals surface area contributed by atoms with Crippen molar-refractivity contribution in [1.29, 1.82) is 0 Å². The molecule has 2 heterocycles. The Balaban J connectivity index is 1.48. The summed E-state index contributed by atoms with van der Waals surface area (Å²) in [5, 5.41) is 9.28. The third-order valence-corrected chi connectivity index (χ3v) is 6.72. The second-order valence-electron chi connectivity index (χ2n) is 7.41. The van der Waals surface area contributed by atoms with Gasteiger partial charge in [0.25, 0.3) is 0 Å². The summed E-state index contributed by atoms with van der Waals surface area (Å²) in [4.78, 5) is 13.4. The Morgan fingerprint density at radius 2 is 1.84 bits per heavy atom. The number of nitrogens with one attached hydrogen (secondary N) is 1. The average Bonchev–Trinajstić information content (AvgIpc) is 3.52. The summed E-state index contributed by atoms with van der Waals surface area (Å²) < 4.78 is 31.1. The fourth-order valence-corrected chi connectivity index (χ4v) is 4.85. The topological polar surface area (TPSA) is 69.0 Å². The number of carbonyl (C=O) groups excluding carboxylic acids is 1. The molecule has 1 N–H and O–H groups in total. The Morgan fingerprint density at radius 1 is 1.13 bits per heavy atom. The highest BCUT2D eigenvalue weighted by Gasteiger charge is 2.40. The van der Waals surface area contributed by atoms with Crippen LogP contribution in [-0.4, -0.2) is 32.5 Å². The first kappa shape index (κ1) is 20.3. The van der Waals surface area contributed by atoms with Gasteiger partial charge in [0.15, 0.2) is 11.6 Å². The summed E-state index contributed by atoms with van der Waals surface area (Å²) in [6, 6.07) is 12.7. The van der Waals surface area contributed by atoms with Crippen molar-refractivity contribution in [3.05, 3.63) is 70.5 Å². The number of benzene rings is 2. The SMILES string of the molecule is O=C(c1ccc(OC(F)F)cc1)[C@H]1Sc2nnc(C3CC3)n2N[C@H]1c1ccc(Cl)cc1. The molecule has 0 radical (unpaired) electrons. The quantitative estimate of drug-likeness (QED) is 0.517. The standard InChI is InChI=1S/C21H17ClF2N4O2S/c22-14-7-3-11(4-8-14)16-18(17(29)12-5-9-15(10-6-12)30-20(23)24)31-21-26-25-19(13-1-2-13)28(21)27-16/h3-10,13,16,18,20,27H,1-2H2/t16-,18-/m0/s1. The van der Waals surface area contributed by atoms with Crippen molar-refractivity contribution in [2.75, 3.05) is 5.43 Å². The zero-order chi connectivity index (χ0) is 21.5. The lowest BCUT2D eigenvalue weighted by Gasteiger charge is -2.33. The number of hydrogen-bond acceptors (Lipinski definition) is 6. The van der Waals surface area contributed by atoms with Gasteiger partial charge in [0.05, 0.1) is 6.04 Å². The van der Waals surface area contributed by atoms with Crippen molar-refractivity contribution >= 4 is 29.1 Å². The largest absolute Gasteiger partial charge is 0.435 e. The first-order chi connectivity index (χ1) is 15.0. The van der Waals surface area contributed by atoms with E-state index in [-0.39, 0.29) is 17.6 Å². The number of halogens is 3. The third kappa shape index (κ3) is 4.12. The van der Waals surface area contributed by atoms with E-state index in [4.69, 9.17) is 11.6 Å². The number of aromatic nitrogens is 3. The molecule has 2 aliphatic rings. The normalized spacial score (nSPS) is 20.3. The van der Waals surface area contributed by atoms with Crippen LogP contribution in [0.25, 0.3) is 0 Å². The monoisotopic (exact) mass is 462 g/mol. The zero-order valence-electron chi connectivity index (χ0n) is 16.0. The van der Waals surface area contributed by atoms with Gasteiger partial charge in [0.2, 0.25) is 5.16 Å². The number of ketones is 1. The van der Waals surface area contributed by atoms with E-state index in [9.17, 15) is 13.6 Å². The molecular formula is C21H17ClF2N4O2S. The van der Waals surface area contributed by atoms with E-state index in [2.05, 4.69) is 20.4 Å². The average molecular weight is 463 g/mol. The maximum atomic E-state index is 13.4. The molecule has 1 aliphatic heterocycles. The summed E-state index contributed by atoms with van der Waals surface area (Å²) in [5.41, 5.74) is 4.72. The Hall–Kier alpha value is -2.65. The molecular weight excluding hydrogens is 446 g/mol. The van der Waals surface area contributed by atoms with Gasteiger partial charge in [-0.1, -0.05) is 35.5 Å². The number of hydrogen-bond donors (Lipinski definition) is 1. The van der Waals surface area contributed by atoms with Crippen LogP contribution in [0.2, 0.25) is 5.02 Å². The summed E-state index contributed by atoms with van der Waals surface area (Å²) in [5.74, 6) is 1.11. The van der Waals surface area contributed by atoms with Crippen LogP contribution in [0.15, 0.2) is 53.7 Å². The van der Waals surface area contributed by atoms with E-state index in [1.165, 1.54) is 36.0 Å². The second-order valence-corrected chi connectivity index (χ2v) is 8.96. The van der Waals surface area contributed by atoms with E-state index >= 15 is 0 Å². The van der Waals surface area contributed by atoms with Crippen molar-refractivity contribution in [1.82, 2.24) is 14.9 Å². The van der Waals surface area contributed by atoms with E-state index in [1.54, 1.807) is 12.1 Å². The predicted molar refractivity (Wildman–Crippen MR) is 113 cm³/mol. The molecule has 1 saturated carbocycles. The minimum absolute atomic E-state index is 0.00374. The van der Waals surface area contributed by atoms with Gasteiger partial charge in [0, 0.05) is 16.5 Å². The highest BCUT2D eigenvalue weighted by atomic mass is 35.5. The van der Waals surface area contributed by atoms with Crippen LogP contribution in [0.4, 0.5) is 8.78 Å². The van der Waals surface area contributed by atoms with Gasteiger partial charge in [-0.2, -0.15) is 8.78 Å². The van der Waals surface area contributed by atoms with Crippen LogP contribution < -0.4 is 10.2 Å². The van der Waals surface area contributed by atoms with Crippen molar-refractivity contribution < 1.29 is 18.3 Å². The fourth-order valence-electron chi connectivity index (χ4n) is 3.56. The fraction of sp³-hybridized carbons (Fsp3) is 0.286. The summed E-state index contributed by atoms with van der Waals surface area (Å²) in [7, 11) is 0. The number of ether oxygens (including phenoxy) is 1. The molecule has 6 nitrogen and oxygen atoms in total. The number of alkyl halides is 2. The number of fused-ring (bicyclic) bond motifs is 1. The van der Waals surface area contributed by atoms with Gasteiger partial charge < -0.3 is 10.2 Å². The molecule has 0 unspecified atom stereocenters. The predicted octanol–water partition coefficient (Wildman–Crippen LogP) is 5.05. The van der Waals surface area contributed by atoms with E-state index in [0.29, 0.717) is 21.7 Å². The molecule has 0 amide bonds. The van der Waals surface area contributed by atoms with Gasteiger partial charge in [-0.25, -0.2) is 4.68 Å². The molecule has 1 aliphatic carbocycles. The van der Waals surface area contributed by atoms with Crippen molar-refractivity contribution in [2.45, 2.75) is 41.8 Å². The first-order valence-electron chi connectivity index (χ1n) is 9.72. The molecule has 1 fully saturated rings. The molecule has 3 aromatic rings. The van der Waals surface area contributed by atoms with Crippen LogP contribution in [0.3, 0.4) is 0 Å². The molecule has 0 spiro atoms. The molecule has 1 aromatic heterocycles. The maximum absolute atomic E-state index is 13.4. The van der Waals surface area contributed by atoms with Crippen LogP contribution in [0, 0.1) is 0 Å². The Kier molecular flexibility index (Phi) is 5.31. The van der Waals surface area contributed by atoms with Crippen LogP contribution in [0.1, 0.15) is 46.5 Å². The lowest BCUT2D eigenvalue weighted by atomic mass is 9.97. The summed E-state index contributed by atoms with van der Waals surface area (Å²) >= 11 is 7.39. The van der Waals surface area contributed by atoms with Crippen LogP contribution in [0.5, 0.6) is 5.75 Å². The van der Waals surface area contributed by atoms with Gasteiger partial charge in [-0.05, 0) is 54.8 Å². The van der Waals surface area contributed by atoms with E-state index in [1.807, 2.05) is 16.8 Å². The number of Topliss-reactive ketones (excluding diaryl/α,β-unsaturated/α-hetero) is 1. The number of nitrogens with zero attached hydrogens (tertiary/aromatic N) is 3. The number of carbonyl (C=O) groups is 1. The van der Waals surface area contributed by atoms with Crippen molar-refractivity contribution in [3.63, 3.8) is 0 Å². The first-order valence-corrected chi connectivity index (χ1v) is 11.0. The Labute approximate surface area is 185 Å².